The van der Waals surface area contributed by atoms with Crippen LogP contribution in [0.5, 0.6) is 0 Å². The van der Waals surface area contributed by atoms with Gasteiger partial charge in [0.05, 0.1) is 0 Å². The van der Waals surface area contributed by atoms with Crippen LogP contribution in [0.4, 0.5) is 0 Å². The first-order valence-corrected chi connectivity index (χ1v) is 8.41. The Labute approximate surface area is 118 Å². The van der Waals surface area contributed by atoms with Crippen molar-refractivity contribution < 1.29 is 0 Å². The molecule has 19 heavy (non-hydrogen) atoms. The van der Waals surface area contributed by atoms with Gasteiger partial charge < -0.3 is 11.1 Å². The van der Waals surface area contributed by atoms with E-state index in [1.165, 1.54) is 45.1 Å². The summed E-state index contributed by atoms with van der Waals surface area (Å²) in [6, 6.07) is 0. The second-order valence-corrected chi connectivity index (χ2v) is 8.53. The molecule has 0 spiro atoms. The maximum absolute atomic E-state index is 6.19. The van der Waals surface area contributed by atoms with E-state index >= 15 is 0 Å². The molecule has 0 aromatic heterocycles. The fourth-order valence-electron chi connectivity index (χ4n) is 4.79. The van der Waals surface area contributed by atoms with Crippen LogP contribution in [-0.2, 0) is 0 Å². The van der Waals surface area contributed by atoms with Gasteiger partial charge in [0.25, 0.3) is 0 Å². The molecule has 3 saturated carbocycles. The topological polar surface area (TPSA) is 38.0 Å². The number of rotatable bonds is 6. The monoisotopic (exact) mass is 264 g/mol. The Hall–Kier alpha value is -0.0800. The van der Waals surface area contributed by atoms with Gasteiger partial charge in [-0.05, 0) is 74.2 Å². The summed E-state index contributed by atoms with van der Waals surface area (Å²) in [5.74, 6) is 3.75. The maximum atomic E-state index is 6.19. The highest BCUT2D eigenvalue weighted by atomic mass is 15.0. The lowest BCUT2D eigenvalue weighted by molar-refractivity contribution is 0.226. The van der Waals surface area contributed by atoms with E-state index in [9.17, 15) is 0 Å². The Bertz CT molecular complexity index is 318. The smallest absolute Gasteiger partial charge is 0.0335 e. The number of nitrogens with one attached hydrogen (secondary N) is 1. The van der Waals surface area contributed by atoms with E-state index < -0.39 is 0 Å². The molecule has 0 aromatic rings. The van der Waals surface area contributed by atoms with Crippen LogP contribution in [0.2, 0.25) is 0 Å². The van der Waals surface area contributed by atoms with E-state index in [2.05, 4.69) is 26.1 Å². The Morgan fingerprint density at radius 2 is 1.74 bits per heavy atom. The number of hydrogen-bond donors (Lipinski definition) is 2. The molecular formula is C17H32N2. The van der Waals surface area contributed by atoms with E-state index in [1.807, 2.05) is 0 Å². The van der Waals surface area contributed by atoms with Gasteiger partial charge in [0.2, 0.25) is 0 Å². The number of hydrogen-bond acceptors (Lipinski definition) is 2. The summed E-state index contributed by atoms with van der Waals surface area (Å²) >= 11 is 0. The Balaban J connectivity index is 1.62. The van der Waals surface area contributed by atoms with Crippen molar-refractivity contribution in [3.8, 4) is 0 Å². The molecule has 0 heterocycles. The first-order valence-electron chi connectivity index (χ1n) is 8.41. The summed E-state index contributed by atoms with van der Waals surface area (Å²) in [7, 11) is 0. The van der Waals surface area contributed by atoms with Crippen molar-refractivity contribution in [2.45, 2.75) is 64.8 Å². The third kappa shape index (κ3) is 2.85. The number of nitrogens with two attached hydrogens (primary N) is 1. The van der Waals surface area contributed by atoms with Crippen LogP contribution >= 0.6 is 0 Å². The fraction of sp³-hybridized carbons (Fsp3) is 1.00. The predicted octanol–water partition coefficient (Wildman–Crippen LogP) is 3.17. The first-order chi connectivity index (χ1) is 8.96. The largest absolute Gasteiger partial charge is 0.329 e. The molecule has 2 atom stereocenters. The van der Waals surface area contributed by atoms with Crippen LogP contribution < -0.4 is 11.1 Å². The highest BCUT2D eigenvalue weighted by Gasteiger charge is 2.49. The summed E-state index contributed by atoms with van der Waals surface area (Å²) in [6.45, 7) is 9.24. The van der Waals surface area contributed by atoms with Gasteiger partial charge in [0, 0.05) is 12.1 Å². The molecule has 0 aliphatic heterocycles. The van der Waals surface area contributed by atoms with Crippen LogP contribution in [0, 0.1) is 29.1 Å². The molecule has 2 unspecified atom stereocenters. The summed E-state index contributed by atoms with van der Waals surface area (Å²) in [5.41, 5.74) is 6.86. The van der Waals surface area contributed by atoms with Crippen LogP contribution in [-0.4, -0.2) is 18.6 Å². The van der Waals surface area contributed by atoms with Gasteiger partial charge in [-0.3, -0.25) is 0 Å². The summed E-state index contributed by atoms with van der Waals surface area (Å²) in [5, 5.41) is 3.97. The Morgan fingerprint density at radius 1 is 1.16 bits per heavy atom. The molecule has 3 rings (SSSR count). The fourth-order valence-corrected chi connectivity index (χ4v) is 4.79. The van der Waals surface area contributed by atoms with Crippen molar-refractivity contribution >= 4 is 0 Å². The molecular weight excluding hydrogens is 232 g/mol. The molecule has 3 aliphatic carbocycles. The third-order valence-electron chi connectivity index (χ3n) is 6.11. The van der Waals surface area contributed by atoms with Gasteiger partial charge in [-0.2, -0.15) is 0 Å². The first kappa shape index (κ1) is 13.9. The van der Waals surface area contributed by atoms with Crippen molar-refractivity contribution in [1.82, 2.24) is 5.32 Å². The van der Waals surface area contributed by atoms with Gasteiger partial charge in [0.1, 0.15) is 0 Å². The zero-order valence-electron chi connectivity index (χ0n) is 13.0. The van der Waals surface area contributed by atoms with Gasteiger partial charge in [0.15, 0.2) is 0 Å². The zero-order chi connectivity index (χ0) is 13.7. The summed E-state index contributed by atoms with van der Waals surface area (Å²) in [6.07, 6.45) is 8.51. The van der Waals surface area contributed by atoms with E-state index in [1.54, 1.807) is 0 Å². The quantitative estimate of drug-likeness (QED) is 0.773. The minimum atomic E-state index is 0.214. The average Bonchev–Trinajstić information content (AvgIpc) is 3.20. The van der Waals surface area contributed by atoms with Crippen molar-refractivity contribution in [2.75, 3.05) is 13.1 Å². The maximum Gasteiger partial charge on any atom is 0.0335 e. The van der Waals surface area contributed by atoms with Crippen molar-refractivity contribution in [3.05, 3.63) is 0 Å². The molecule has 3 N–H and O–H groups in total. The summed E-state index contributed by atoms with van der Waals surface area (Å²) in [4.78, 5) is 0. The Morgan fingerprint density at radius 3 is 2.11 bits per heavy atom. The molecule has 2 nitrogen and oxygen atoms in total. The minimum Gasteiger partial charge on any atom is -0.329 e. The summed E-state index contributed by atoms with van der Waals surface area (Å²) < 4.78 is 0. The minimum absolute atomic E-state index is 0.214. The molecule has 3 aliphatic rings. The van der Waals surface area contributed by atoms with Crippen LogP contribution in [0.3, 0.4) is 0 Å². The van der Waals surface area contributed by atoms with Gasteiger partial charge in [-0.25, -0.2) is 0 Å². The van der Waals surface area contributed by atoms with E-state index in [4.69, 9.17) is 5.73 Å². The molecule has 0 radical (unpaired) electrons. The lowest BCUT2D eigenvalue weighted by Gasteiger charge is -2.36. The van der Waals surface area contributed by atoms with Crippen LogP contribution in [0.1, 0.15) is 59.3 Å². The highest BCUT2D eigenvalue weighted by Crippen LogP contribution is 2.50. The van der Waals surface area contributed by atoms with Gasteiger partial charge in [-0.1, -0.05) is 20.8 Å². The Kier molecular flexibility index (Phi) is 3.46. The van der Waals surface area contributed by atoms with E-state index in [-0.39, 0.29) is 5.54 Å². The SMILES string of the molecule is CC1CC(C)(C)CC1(CN)NCC(C1CC1)C1CC1. The van der Waals surface area contributed by atoms with Crippen molar-refractivity contribution in [2.24, 2.45) is 34.8 Å². The van der Waals surface area contributed by atoms with Gasteiger partial charge in [-0.15, -0.1) is 0 Å². The lowest BCUT2D eigenvalue weighted by Crippen LogP contribution is -2.55. The molecule has 0 bridgehead atoms. The van der Waals surface area contributed by atoms with E-state index in [0.717, 1.165) is 24.3 Å². The lowest BCUT2D eigenvalue weighted by atomic mass is 9.85. The molecule has 110 valence electrons. The normalized spacial score (nSPS) is 38.1. The molecule has 2 heteroatoms. The average molecular weight is 264 g/mol. The predicted molar refractivity (Wildman–Crippen MR) is 80.9 cm³/mol. The molecule has 0 aromatic carbocycles. The van der Waals surface area contributed by atoms with Gasteiger partial charge >= 0.3 is 0 Å². The second kappa shape index (κ2) is 4.73. The second-order valence-electron chi connectivity index (χ2n) is 8.53. The molecule has 0 amide bonds. The third-order valence-corrected chi connectivity index (χ3v) is 6.11. The van der Waals surface area contributed by atoms with Crippen LogP contribution in [0.15, 0.2) is 0 Å². The van der Waals surface area contributed by atoms with Crippen molar-refractivity contribution in [3.63, 3.8) is 0 Å². The van der Waals surface area contributed by atoms with E-state index in [0.29, 0.717) is 11.3 Å². The standard InChI is InChI=1S/C17H32N2/c1-12-8-16(2,3)10-17(12,11-18)19-9-15(13-4-5-13)14-6-7-14/h12-15,19H,4-11,18H2,1-3H3. The highest BCUT2D eigenvalue weighted by molar-refractivity contribution is 5.06. The molecule has 0 saturated heterocycles. The van der Waals surface area contributed by atoms with Crippen LogP contribution in [0.25, 0.3) is 0 Å². The zero-order valence-corrected chi connectivity index (χ0v) is 13.0. The van der Waals surface area contributed by atoms with Crippen molar-refractivity contribution in [1.29, 1.82) is 0 Å². The molecule has 3 fully saturated rings.